The van der Waals surface area contributed by atoms with Crippen molar-refractivity contribution in [2.45, 2.75) is 13.3 Å². The number of hydrogen-bond acceptors (Lipinski definition) is 5. The number of aryl methyl sites for hydroxylation is 1. The quantitative estimate of drug-likeness (QED) is 0.795. The summed E-state index contributed by atoms with van der Waals surface area (Å²) in [5, 5.41) is 2.71. The summed E-state index contributed by atoms with van der Waals surface area (Å²) in [7, 11) is 1.65. The molecule has 0 atom stereocenters. The monoisotopic (exact) mass is 304 g/mol. The number of amides is 1. The molecule has 1 aromatic carbocycles. The fourth-order valence-corrected chi connectivity index (χ4v) is 2.34. The highest BCUT2D eigenvalue weighted by molar-refractivity contribution is 7.09. The van der Waals surface area contributed by atoms with Crippen molar-refractivity contribution in [3.63, 3.8) is 0 Å². The number of carbonyl (C=O) groups excluding carboxylic acids is 2. The summed E-state index contributed by atoms with van der Waals surface area (Å²) in [6.07, 6.45) is 0.0900. The van der Waals surface area contributed by atoms with Crippen molar-refractivity contribution in [1.29, 1.82) is 0 Å². The van der Waals surface area contributed by atoms with Gasteiger partial charge in [-0.05, 0) is 19.1 Å². The third kappa shape index (κ3) is 4.39. The van der Waals surface area contributed by atoms with E-state index in [1.807, 2.05) is 42.6 Å². The lowest BCUT2D eigenvalue weighted by Gasteiger charge is -2.16. The minimum Gasteiger partial charge on any atom is -0.455 e. The normalized spacial score (nSPS) is 10.2. The number of anilines is 1. The maximum Gasteiger partial charge on any atom is 0.312 e. The Hall–Kier alpha value is -2.21. The van der Waals surface area contributed by atoms with E-state index in [9.17, 15) is 9.59 Å². The van der Waals surface area contributed by atoms with Crippen LogP contribution in [0.3, 0.4) is 0 Å². The molecule has 6 heteroatoms. The molecular formula is C15H16N2O3S. The van der Waals surface area contributed by atoms with E-state index in [0.29, 0.717) is 5.69 Å². The van der Waals surface area contributed by atoms with Gasteiger partial charge in [0.05, 0.1) is 17.1 Å². The minimum absolute atomic E-state index is 0.0900. The van der Waals surface area contributed by atoms with Crippen LogP contribution in [-0.4, -0.2) is 30.5 Å². The Balaban J connectivity index is 1.82. The minimum atomic E-state index is -0.449. The molecule has 1 amide bonds. The van der Waals surface area contributed by atoms with Crippen LogP contribution in [0.1, 0.15) is 10.7 Å². The van der Waals surface area contributed by atoms with Crippen LogP contribution in [0.2, 0.25) is 0 Å². The van der Waals surface area contributed by atoms with Gasteiger partial charge in [0.25, 0.3) is 5.91 Å². The largest absolute Gasteiger partial charge is 0.455 e. The van der Waals surface area contributed by atoms with E-state index < -0.39 is 5.97 Å². The van der Waals surface area contributed by atoms with Gasteiger partial charge in [-0.15, -0.1) is 11.3 Å². The Labute approximate surface area is 127 Å². The molecule has 2 aromatic rings. The average Bonchev–Trinajstić information content (AvgIpc) is 2.90. The maximum absolute atomic E-state index is 11.9. The fourth-order valence-electron chi connectivity index (χ4n) is 1.72. The highest BCUT2D eigenvalue weighted by Crippen LogP contribution is 2.11. The molecule has 0 spiro atoms. The number of nitrogens with zero attached hydrogens (tertiary/aromatic N) is 2. The standard InChI is InChI=1S/C15H16N2O3S/c1-11-16-12(10-21-11)8-15(19)20-9-14(18)17(2)13-6-4-3-5-7-13/h3-7,10H,8-9H2,1-2H3. The molecule has 0 unspecified atom stereocenters. The van der Waals surface area contributed by atoms with E-state index in [1.165, 1.54) is 16.2 Å². The summed E-state index contributed by atoms with van der Waals surface area (Å²) in [4.78, 5) is 29.2. The smallest absolute Gasteiger partial charge is 0.312 e. The highest BCUT2D eigenvalue weighted by Gasteiger charge is 2.14. The third-order valence-corrected chi connectivity index (χ3v) is 3.69. The number of ether oxygens (including phenoxy) is 1. The fraction of sp³-hybridized carbons (Fsp3) is 0.267. The van der Waals surface area contributed by atoms with Crippen molar-refractivity contribution < 1.29 is 14.3 Å². The Kier molecular flexibility index (Phi) is 5.05. The lowest BCUT2D eigenvalue weighted by atomic mass is 10.3. The summed E-state index contributed by atoms with van der Waals surface area (Å²) in [5.74, 6) is -0.723. The van der Waals surface area contributed by atoms with Gasteiger partial charge in [0.1, 0.15) is 0 Å². The summed E-state index contributed by atoms with van der Waals surface area (Å²) in [6, 6.07) is 9.19. The number of benzene rings is 1. The zero-order valence-electron chi connectivity index (χ0n) is 11.9. The molecule has 0 aliphatic rings. The van der Waals surface area contributed by atoms with Gasteiger partial charge in [-0.2, -0.15) is 0 Å². The molecule has 21 heavy (non-hydrogen) atoms. The number of carbonyl (C=O) groups is 2. The first kappa shape index (κ1) is 15.2. The topological polar surface area (TPSA) is 59.5 Å². The number of thiazole rings is 1. The number of hydrogen-bond donors (Lipinski definition) is 0. The second-order valence-electron chi connectivity index (χ2n) is 4.48. The van der Waals surface area contributed by atoms with Gasteiger partial charge < -0.3 is 9.64 Å². The van der Waals surface area contributed by atoms with Crippen molar-refractivity contribution in [2.24, 2.45) is 0 Å². The van der Waals surface area contributed by atoms with Crippen LogP contribution in [0.5, 0.6) is 0 Å². The number of para-hydroxylation sites is 1. The molecule has 0 radical (unpaired) electrons. The van der Waals surface area contributed by atoms with Gasteiger partial charge in [0.15, 0.2) is 6.61 Å². The van der Waals surface area contributed by atoms with E-state index in [-0.39, 0.29) is 18.9 Å². The van der Waals surface area contributed by atoms with Crippen molar-refractivity contribution in [1.82, 2.24) is 4.98 Å². The van der Waals surface area contributed by atoms with Crippen LogP contribution < -0.4 is 4.90 Å². The molecule has 2 rings (SSSR count). The molecule has 0 N–H and O–H groups in total. The molecule has 0 fully saturated rings. The SMILES string of the molecule is Cc1nc(CC(=O)OCC(=O)N(C)c2ccccc2)cs1. The molecule has 0 saturated carbocycles. The molecule has 0 aliphatic carbocycles. The van der Waals surface area contributed by atoms with Crippen molar-refractivity contribution in [3.8, 4) is 0 Å². The van der Waals surface area contributed by atoms with E-state index in [4.69, 9.17) is 4.74 Å². The Morgan fingerprint density at radius 2 is 2.00 bits per heavy atom. The lowest BCUT2D eigenvalue weighted by Crippen LogP contribution is -2.31. The first-order valence-electron chi connectivity index (χ1n) is 6.44. The van der Waals surface area contributed by atoms with Gasteiger partial charge in [0.2, 0.25) is 0 Å². The molecule has 0 aliphatic heterocycles. The summed E-state index contributed by atoms with van der Waals surface area (Å²) in [6.45, 7) is 1.60. The van der Waals surface area contributed by atoms with E-state index in [2.05, 4.69) is 4.98 Å². The third-order valence-electron chi connectivity index (χ3n) is 2.87. The van der Waals surface area contributed by atoms with Crippen molar-refractivity contribution >= 4 is 28.9 Å². The lowest BCUT2D eigenvalue weighted by molar-refractivity contribution is -0.147. The Morgan fingerprint density at radius 1 is 1.29 bits per heavy atom. The maximum atomic E-state index is 11.9. The predicted octanol–water partition coefficient (Wildman–Crippen LogP) is 2.20. The van der Waals surface area contributed by atoms with E-state index in [0.717, 1.165) is 10.7 Å². The predicted molar refractivity (Wildman–Crippen MR) is 81.4 cm³/mol. The number of likely N-dealkylation sites (N-methyl/N-ethyl adjacent to an activating group) is 1. The number of rotatable bonds is 5. The first-order chi connectivity index (χ1) is 10.1. The summed E-state index contributed by atoms with van der Waals surface area (Å²) >= 11 is 1.48. The van der Waals surface area contributed by atoms with Crippen molar-refractivity contribution in [3.05, 3.63) is 46.4 Å². The number of esters is 1. The molecular weight excluding hydrogens is 288 g/mol. The van der Waals surface area contributed by atoms with Crippen molar-refractivity contribution in [2.75, 3.05) is 18.6 Å². The Morgan fingerprint density at radius 3 is 2.62 bits per heavy atom. The first-order valence-corrected chi connectivity index (χ1v) is 7.32. The second kappa shape index (κ2) is 6.99. The van der Waals surface area contributed by atoms with Crippen LogP contribution in [0.4, 0.5) is 5.69 Å². The molecule has 0 bridgehead atoms. The Bertz CT molecular complexity index is 625. The van der Waals surface area contributed by atoms with Crippen LogP contribution in [0.15, 0.2) is 35.7 Å². The van der Waals surface area contributed by atoms with Gasteiger partial charge >= 0.3 is 5.97 Å². The van der Waals surface area contributed by atoms with Gasteiger partial charge in [-0.1, -0.05) is 18.2 Å². The van der Waals surface area contributed by atoms with Crippen LogP contribution in [0.25, 0.3) is 0 Å². The molecule has 1 heterocycles. The number of aromatic nitrogens is 1. The van der Waals surface area contributed by atoms with Gasteiger partial charge in [-0.3, -0.25) is 9.59 Å². The molecule has 1 aromatic heterocycles. The molecule has 0 saturated heterocycles. The molecule has 110 valence electrons. The van der Waals surface area contributed by atoms with Crippen LogP contribution in [-0.2, 0) is 20.7 Å². The zero-order valence-corrected chi connectivity index (χ0v) is 12.7. The van der Waals surface area contributed by atoms with E-state index >= 15 is 0 Å². The molecule has 5 nitrogen and oxygen atoms in total. The summed E-state index contributed by atoms with van der Waals surface area (Å²) in [5.41, 5.74) is 1.43. The summed E-state index contributed by atoms with van der Waals surface area (Å²) < 4.78 is 4.99. The van der Waals surface area contributed by atoms with Gasteiger partial charge in [0, 0.05) is 18.1 Å². The van der Waals surface area contributed by atoms with E-state index in [1.54, 1.807) is 7.05 Å². The van der Waals surface area contributed by atoms with Crippen LogP contribution >= 0.6 is 11.3 Å². The zero-order chi connectivity index (χ0) is 15.2. The average molecular weight is 304 g/mol. The highest BCUT2D eigenvalue weighted by atomic mass is 32.1. The van der Waals surface area contributed by atoms with Crippen LogP contribution in [0, 0.1) is 6.92 Å². The second-order valence-corrected chi connectivity index (χ2v) is 5.55. The van der Waals surface area contributed by atoms with Gasteiger partial charge in [-0.25, -0.2) is 4.98 Å².